The fraction of sp³-hybridized carbons (Fsp3) is 1.00. The number of rotatable bonds is 0. The van der Waals surface area contributed by atoms with Crippen molar-refractivity contribution in [2.24, 2.45) is 0 Å². The summed E-state index contributed by atoms with van der Waals surface area (Å²) < 4.78 is 10.4. The van der Waals surface area contributed by atoms with E-state index in [0.29, 0.717) is 0 Å². The fourth-order valence-corrected chi connectivity index (χ4v) is 1.88. The van der Waals surface area contributed by atoms with Gasteiger partial charge in [0.2, 0.25) is 0 Å². The van der Waals surface area contributed by atoms with E-state index in [-0.39, 0.29) is 31.0 Å². The Balaban J connectivity index is 0. The SMILES string of the molecule is O=S1CCCC1.[H-].[Na+]. The smallest absolute Gasteiger partial charge is 1.00 e. The third-order valence-electron chi connectivity index (χ3n) is 0.994. The summed E-state index contributed by atoms with van der Waals surface area (Å²) in [5.41, 5.74) is 0. The van der Waals surface area contributed by atoms with Gasteiger partial charge in [-0.15, -0.1) is 0 Å². The minimum atomic E-state index is -0.423. The van der Waals surface area contributed by atoms with Crippen molar-refractivity contribution in [3.05, 3.63) is 0 Å². The van der Waals surface area contributed by atoms with Gasteiger partial charge in [0.1, 0.15) is 0 Å². The van der Waals surface area contributed by atoms with E-state index in [0.717, 1.165) is 11.5 Å². The minimum Gasteiger partial charge on any atom is -1.00 e. The Kier molecular flexibility index (Phi) is 4.74. The molecule has 1 heterocycles. The molecule has 1 rings (SSSR count). The summed E-state index contributed by atoms with van der Waals surface area (Å²) in [6.07, 6.45) is 2.37. The van der Waals surface area contributed by atoms with E-state index < -0.39 is 10.8 Å². The van der Waals surface area contributed by atoms with Crippen LogP contribution in [-0.4, -0.2) is 15.7 Å². The van der Waals surface area contributed by atoms with Crippen LogP contribution in [0.3, 0.4) is 0 Å². The van der Waals surface area contributed by atoms with E-state index in [9.17, 15) is 4.21 Å². The first-order valence-electron chi connectivity index (χ1n) is 2.24. The molecule has 0 bridgehead atoms. The Bertz CT molecular complexity index is 70.4. The van der Waals surface area contributed by atoms with Crippen LogP contribution in [0.4, 0.5) is 0 Å². The zero-order chi connectivity index (χ0) is 4.41. The second-order valence-corrected chi connectivity index (χ2v) is 3.25. The summed E-state index contributed by atoms with van der Waals surface area (Å²) >= 11 is 0. The van der Waals surface area contributed by atoms with Crippen LogP contribution in [0.25, 0.3) is 0 Å². The van der Waals surface area contributed by atoms with Gasteiger partial charge in [-0.25, -0.2) is 0 Å². The molecular weight excluding hydrogens is 119 g/mol. The summed E-state index contributed by atoms with van der Waals surface area (Å²) in [6.45, 7) is 0. The molecule has 1 aliphatic rings. The van der Waals surface area contributed by atoms with E-state index in [1.54, 1.807) is 0 Å². The van der Waals surface area contributed by atoms with E-state index >= 15 is 0 Å². The maximum atomic E-state index is 10.4. The predicted octanol–water partition coefficient (Wildman–Crippen LogP) is -2.35. The first kappa shape index (κ1) is 8.15. The third kappa shape index (κ3) is 2.85. The molecule has 0 aliphatic carbocycles. The van der Waals surface area contributed by atoms with Crippen LogP contribution in [0.1, 0.15) is 14.3 Å². The zero-order valence-corrected chi connectivity index (χ0v) is 7.46. The Hall–Kier alpha value is 1.15. The minimum absolute atomic E-state index is 0. The van der Waals surface area contributed by atoms with Crippen molar-refractivity contribution in [2.75, 3.05) is 11.5 Å². The largest absolute Gasteiger partial charge is 1.00 e. The molecule has 1 fully saturated rings. The van der Waals surface area contributed by atoms with E-state index in [1.165, 1.54) is 12.8 Å². The molecule has 38 valence electrons. The summed E-state index contributed by atoms with van der Waals surface area (Å²) in [5, 5.41) is 0. The van der Waals surface area contributed by atoms with Crippen LogP contribution < -0.4 is 29.6 Å². The van der Waals surface area contributed by atoms with Gasteiger partial charge in [-0.3, -0.25) is 4.21 Å². The molecule has 0 aromatic heterocycles. The molecule has 0 N–H and O–H groups in total. The Morgan fingerprint density at radius 2 is 1.71 bits per heavy atom. The summed E-state index contributed by atoms with van der Waals surface area (Å²) in [7, 11) is -0.423. The molecule has 0 aromatic rings. The first-order chi connectivity index (χ1) is 2.89. The topological polar surface area (TPSA) is 17.1 Å². The van der Waals surface area contributed by atoms with Gasteiger partial charge in [-0.2, -0.15) is 0 Å². The van der Waals surface area contributed by atoms with E-state index in [2.05, 4.69) is 0 Å². The van der Waals surface area contributed by atoms with Crippen molar-refractivity contribution >= 4 is 10.8 Å². The number of hydrogen-bond donors (Lipinski definition) is 0. The van der Waals surface area contributed by atoms with Crippen LogP contribution in [0.15, 0.2) is 0 Å². The maximum absolute atomic E-state index is 10.4. The molecule has 3 heteroatoms. The molecule has 0 saturated carbocycles. The molecule has 1 saturated heterocycles. The Morgan fingerprint density at radius 1 is 1.29 bits per heavy atom. The van der Waals surface area contributed by atoms with Crippen LogP contribution in [0.2, 0.25) is 0 Å². The van der Waals surface area contributed by atoms with Crippen molar-refractivity contribution in [2.45, 2.75) is 12.8 Å². The normalized spacial score (nSPS) is 21.7. The molecule has 0 atom stereocenters. The third-order valence-corrected chi connectivity index (χ3v) is 2.48. The summed E-state index contributed by atoms with van der Waals surface area (Å²) in [5.74, 6) is 1.92. The first-order valence-corrected chi connectivity index (χ1v) is 3.73. The standard InChI is InChI=1S/C4H8OS.Na.H/c5-6-3-1-2-4-6;;/h1-4H2;;/q;+1;-1. The number of hydrogen-bond acceptors (Lipinski definition) is 1. The Labute approximate surface area is 70.1 Å². The second-order valence-electron chi connectivity index (χ2n) is 1.56. The average molecular weight is 128 g/mol. The van der Waals surface area contributed by atoms with Gasteiger partial charge in [-0.1, -0.05) is 0 Å². The van der Waals surface area contributed by atoms with Gasteiger partial charge < -0.3 is 1.43 Å². The van der Waals surface area contributed by atoms with Crippen LogP contribution in [0.5, 0.6) is 0 Å². The zero-order valence-electron chi connectivity index (χ0n) is 5.64. The molecule has 0 radical (unpaired) electrons. The van der Waals surface area contributed by atoms with Gasteiger partial charge in [0.05, 0.1) is 0 Å². The quantitative estimate of drug-likeness (QED) is 0.334. The van der Waals surface area contributed by atoms with Crippen molar-refractivity contribution in [1.82, 2.24) is 0 Å². The van der Waals surface area contributed by atoms with Gasteiger partial charge >= 0.3 is 29.6 Å². The molecule has 7 heavy (non-hydrogen) atoms. The van der Waals surface area contributed by atoms with Gasteiger partial charge in [0, 0.05) is 22.3 Å². The molecule has 0 spiro atoms. The Morgan fingerprint density at radius 3 is 1.86 bits per heavy atom. The van der Waals surface area contributed by atoms with Gasteiger partial charge in [0.25, 0.3) is 0 Å². The fourth-order valence-electron chi connectivity index (χ4n) is 0.628. The average Bonchev–Trinajstić information content (AvgIpc) is 1.86. The van der Waals surface area contributed by atoms with Gasteiger partial charge in [0.15, 0.2) is 0 Å². The van der Waals surface area contributed by atoms with Crippen LogP contribution >= 0.6 is 0 Å². The van der Waals surface area contributed by atoms with Crippen molar-refractivity contribution in [1.29, 1.82) is 0 Å². The molecule has 0 aromatic carbocycles. The van der Waals surface area contributed by atoms with Crippen molar-refractivity contribution in [3.8, 4) is 0 Å². The van der Waals surface area contributed by atoms with E-state index in [1.807, 2.05) is 0 Å². The summed E-state index contributed by atoms with van der Waals surface area (Å²) in [6, 6.07) is 0. The van der Waals surface area contributed by atoms with Crippen molar-refractivity contribution < 1.29 is 35.2 Å². The molecule has 1 nitrogen and oxygen atoms in total. The molecular formula is C4H9NaOS. The molecule has 1 aliphatic heterocycles. The second kappa shape index (κ2) is 4.07. The van der Waals surface area contributed by atoms with Crippen LogP contribution in [0, 0.1) is 0 Å². The maximum Gasteiger partial charge on any atom is 1.00 e. The monoisotopic (exact) mass is 128 g/mol. The molecule has 0 amide bonds. The van der Waals surface area contributed by atoms with Crippen molar-refractivity contribution in [3.63, 3.8) is 0 Å². The van der Waals surface area contributed by atoms with Gasteiger partial charge in [-0.05, 0) is 12.8 Å². The predicted molar refractivity (Wildman–Crippen MR) is 28.2 cm³/mol. The summed E-state index contributed by atoms with van der Waals surface area (Å²) in [4.78, 5) is 0. The molecule has 0 unspecified atom stereocenters. The van der Waals surface area contributed by atoms with Crippen LogP contribution in [-0.2, 0) is 10.8 Å². The van der Waals surface area contributed by atoms with E-state index in [4.69, 9.17) is 0 Å².